The van der Waals surface area contributed by atoms with E-state index in [4.69, 9.17) is 5.73 Å². The first-order valence-electron chi connectivity index (χ1n) is 8.15. The molecule has 0 spiro atoms. The first-order chi connectivity index (χ1) is 9.09. The molecule has 0 saturated heterocycles. The summed E-state index contributed by atoms with van der Waals surface area (Å²) in [6, 6.07) is 0.365. The molecule has 2 fully saturated rings. The van der Waals surface area contributed by atoms with Crippen molar-refractivity contribution in [3.63, 3.8) is 0 Å². The van der Waals surface area contributed by atoms with Gasteiger partial charge in [0.15, 0.2) is 0 Å². The van der Waals surface area contributed by atoms with Crippen molar-refractivity contribution < 1.29 is 4.79 Å². The third-order valence-corrected chi connectivity index (χ3v) is 5.36. The molecule has 110 valence electrons. The zero-order chi connectivity index (χ0) is 13.8. The molecule has 4 unspecified atom stereocenters. The van der Waals surface area contributed by atoms with Gasteiger partial charge >= 0.3 is 0 Å². The van der Waals surface area contributed by atoms with Crippen LogP contribution in [0.5, 0.6) is 0 Å². The van der Waals surface area contributed by atoms with E-state index in [1.165, 1.54) is 38.5 Å². The summed E-state index contributed by atoms with van der Waals surface area (Å²) < 4.78 is 0. The lowest BCUT2D eigenvalue weighted by molar-refractivity contribution is -0.128. The maximum Gasteiger partial charge on any atom is 0.224 e. The Morgan fingerprint density at radius 3 is 2.47 bits per heavy atom. The number of amides is 1. The van der Waals surface area contributed by atoms with Gasteiger partial charge in [-0.3, -0.25) is 4.79 Å². The van der Waals surface area contributed by atoms with Crippen LogP contribution in [0.25, 0.3) is 0 Å². The summed E-state index contributed by atoms with van der Waals surface area (Å²) in [7, 11) is 0. The normalized spacial score (nSPS) is 34.8. The fourth-order valence-electron chi connectivity index (χ4n) is 3.83. The van der Waals surface area contributed by atoms with Crippen molar-refractivity contribution in [3.05, 3.63) is 0 Å². The van der Waals surface area contributed by atoms with E-state index in [9.17, 15) is 4.79 Å². The Hall–Kier alpha value is -0.570. The molecule has 2 aliphatic rings. The second-order valence-corrected chi connectivity index (χ2v) is 6.79. The summed E-state index contributed by atoms with van der Waals surface area (Å²) in [5.41, 5.74) is 6.22. The van der Waals surface area contributed by atoms with Crippen molar-refractivity contribution in [2.75, 3.05) is 0 Å². The third kappa shape index (κ3) is 3.71. The summed E-state index contributed by atoms with van der Waals surface area (Å²) in [5.74, 6) is 1.40. The molecule has 4 atom stereocenters. The van der Waals surface area contributed by atoms with E-state index >= 15 is 0 Å². The third-order valence-electron chi connectivity index (χ3n) is 5.36. The second-order valence-electron chi connectivity index (χ2n) is 6.79. The van der Waals surface area contributed by atoms with Gasteiger partial charge < -0.3 is 11.1 Å². The van der Waals surface area contributed by atoms with Crippen LogP contribution in [0.4, 0.5) is 0 Å². The lowest BCUT2D eigenvalue weighted by atomic mass is 9.77. The first kappa shape index (κ1) is 14.8. The predicted molar refractivity (Wildman–Crippen MR) is 78.7 cm³/mol. The van der Waals surface area contributed by atoms with Crippen LogP contribution in [0.2, 0.25) is 0 Å². The molecular formula is C16H30N2O. The van der Waals surface area contributed by atoms with Crippen molar-refractivity contribution >= 4 is 5.91 Å². The predicted octanol–water partition coefficient (Wildman–Crippen LogP) is 2.83. The molecule has 3 heteroatoms. The van der Waals surface area contributed by atoms with Crippen LogP contribution in [0.1, 0.15) is 65.2 Å². The van der Waals surface area contributed by atoms with Crippen LogP contribution in [-0.2, 0) is 4.79 Å². The Bertz CT molecular complexity index is 299. The number of carbonyl (C=O) groups is 1. The molecule has 0 aromatic carbocycles. The molecule has 19 heavy (non-hydrogen) atoms. The van der Waals surface area contributed by atoms with E-state index in [2.05, 4.69) is 19.2 Å². The van der Waals surface area contributed by atoms with Gasteiger partial charge in [-0.05, 0) is 44.4 Å². The van der Waals surface area contributed by atoms with Crippen molar-refractivity contribution in [2.45, 2.75) is 77.3 Å². The lowest BCUT2D eigenvalue weighted by Gasteiger charge is -2.35. The van der Waals surface area contributed by atoms with Crippen molar-refractivity contribution in [1.82, 2.24) is 5.32 Å². The molecule has 0 bridgehead atoms. The summed E-state index contributed by atoms with van der Waals surface area (Å²) in [6.07, 6.45) is 9.84. The second kappa shape index (κ2) is 6.74. The molecule has 3 N–H and O–H groups in total. The van der Waals surface area contributed by atoms with Gasteiger partial charge in [-0.1, -0.05) is 32.6 Å². The first-order valence-corrected chi connectivity index (χ1v) is 8.15. The number of rotatable bonds is 3. The van der Waals surface area contributed by atoms with E-state index in [1.54, 1.807) is 0 Å². The summed E-state index contributed by atoms with van der Waals surface area (Å²) >= 11 is 0. The van der Waals surface area contributed by atoms with E-state index in [-0.39, 0.29) is 17.9 Å². The van der Waals surface area contributed by atoms with Crippen LogP contribution >= 0.6 is 0 Å². The molecule has 0 heterocycles. The van der Waals surface area contributed by atoms with Gasteiger partial charge in [0.25, 0.3) is 0 Å². The van der Waals surface area contributed by atoms with Gasteiger partial charge in [0.2, 0.25) is 5.91 Å². The molecule has 0 aromatic heterocycles. The smallest absolute Gasteiger partial charge is 0.224 e. The number of hydrogen-bond acceptors (Lipinski definition) is 2. The SMILES string of the molecule is CC1CCCC(C(=O)NC(C)C2CCCCC2)C1N. The highest BCUT2D eigenvalue weighted by Crippen LogP contribution is 2.29. The molecule has 0 radical (unpaired) electrons. The van der Waals surface area contributed by atoms with Crippen LogP contribution in [-0.4, -0.2) is 18.0 Å². The molecule has 0 aromatic rings. The monoisotopic (exact) mass is 266 g/mol. The zero-order valence-electron chi connectivity index (χ0n) is 12.5. The van der Waals surface area contributed by atoms with Gasteiger partial charge in [0, 0.05) is 12.1 Å². The maximum absolute atomic E-state index is 12.4. The van der Waals surface area contributed by atoms with Crippen LogP contribution in [0.15, 0.2) is 0 Å². The Morgan fingerprint density at radius 2 is 1.79 bits per heavy atom. The van der Waals surface area contributed by atoms with Gasteiger partial charge in [0.1, 0.15) is 0 Å². The lowest BCUT2D eigenvalue weighted by Crippen LogP contribution is -2.50. The Kier molecular flexibility index (Phi) is 5.26. The van der Waals surface area contributed by atoms with E-state index in [1.807, 2.05) is 0 Å². The van der Waals surface area contributed by atoms with Crippen molar-refractivity contribution in [3.8, 4) is 0 Å². The highest BCUT2D eigenvalue weighted by Gasteiger charge is 2.34. The number of nitrogens with one attached hydrogen (secondary N) is 1. The van der Waals surface area contributed by atoms with Gasteiger partial charge in [-0.15, -0.1) is 0 Å². The molecule has 2 rings (SSSR count). The van der Waals surface area contributed by atoms with E-state index < -0.39 is 0 Å². The standard InChI is InChI=1S/C16H30N2O/c1-11-7-6-10-14(15(11)17)16(19)18-12(2)13-8-4-3-5-9-13/h11-15H,3-10,17H2,1-2H3,(H,18,19). The highest BCUT2D eigenvalue weighted by molar-refractivity contribution is 5.79. The molecule has 3 nitrogen and oxygen atoms in total. The number of nitrogens with two attached hydrogens (primary N) is 1. The minimum Gasteiger partial charge on any atom is -0.353 e. The van der Waals surface area contributed by atoms with E-state index in [0.29, 0.717) is 17.9 Å². The zero-order valence-corrected chi connectivity index (χ0v) is 12.5. The summed E-state index contributed by atoms with van der Waals surface area (Å²) in [6.45, 7) is 4.35. The largest absolute Gasteiger partial charge is 0.353 e. The molecular weight excluding hydrogens is 236 g/mol. The molecule has 2 aliphatic carbocycles. The van der Waals surface area contributed by atoms with Crippen molar-refractivity contribution in [2.24, 2.45) is 23.5 Å². The van der Waals surface area contributed by atoms with Crippen LogP contribution in [0.3, 0.4) is 0 Å². The van der Waals surface area contributed by atoms with E-state index in [0.717, 1.165) is 12.8 Å². The van der Waals surface area contributed by atoms with Gasteiger partial charge in [0.05, 0.1) is 5.92 Å². The average Bonchev–Trinajstić information content (AvgIpc) is 2.42. The highest BCUT2D eigenvalue weighted by atomic mass is 16.2. The van der Waals surface area contributed by atoms with Crippen LogP contribution in [0, 0.1) is 17.8 Å². The Balaban J connectivity index is 1.85. The number of hydrogen-bond donors (Lipinski definition) is 2. The topological polar surface area (TPSA) is 55.1 Å². The minimum absolute atomic E-state index is 0.0368. The van der Waals surface area contributed by atoms with Gasteiger partial charge in [-0.2, -0.15) is 0 Å². The molecule has 1 amide bonds. The fourth-order valence-corrected chi connectivity index (χ4v) is 3.83. The quantitative estimate of drug-likeness (QED) is 0.825. The minimum atomic E-state index is 0.0368. The van der Waals surface area contributed by atoms with Crippen LogP contribution < -0.4 is 11.1 Å². The molecule has 2 saturated carbocycles. The fraction of sp³-hybridized carbons (Fsp3) is 0.938. The summed E-state index contributed by atoms with van der Waals surface area (Å²) in [5, 5.41) is 3.25. The average molecular weight is 266 g/mol. The van der Waals surface area contributed by atoms with Crippen molar-refractivity contribution in [1.29, 1.82) is 0 Å². The Morgan fingerprint density at radius 1 is 1.11 bits per heavy atom. The number of carbonyl (C=O) groups excluding carboxylic acids is 1. The Labute approximate surface area is 117 Å². The summed E-state index contributed by atoms with van der Waals surface area (Å²) in [4.78, 5) is 12.4. The maximum atomic E-state index is 12.4. The molecule has 0 aliphatic heterocycles. The van der Waals surface area contributed by atoms with Gasteiger partial charge in [-0.25, -0.2) is 0 Å².